The van der Waals surface area contributed by atoms with Crippen LogP contribution in [-0.4, -0.2) is 55.1 Å². The predicted octanol–water partition coefficient (Wildman–Crippen LogP) is 15.7. The monoisotopic (exact) mass is 826 g/mol. The zero-order valence-electron chi connectivity index (χ0n) is 40.1. The van der Waals surface area contributed by atoms with Crippen LogP contribution >= 0.6 is 0 Å². The summed E-state index contributed by atoms with van der Waals surface area (Å²) < 4.78 is 6.00. The van der Waals surface area contributed by atoms with Crippen LogP contribution in [0, 0.1) is 17.8 Å². The van der Waals surface area contributed by atoms with Crippen LogP contribution in [0.25, 0.3) is 0 Å². The molecule has 0 amide bonds. The van der Waals surface area contributed by atoms with Gasteiger partial charge in [-0.05, 0) is 108 Å². The van der Waals surface area contributed by atoms with E-state index in [1.165, 1.54) is 140 Å². The van der Waals surface area contributed by atoms with Crippen molar-refractivity contribution in [3.05, 3.63) is 37.0 Å². The van der Waals surface area contributed by atoms with Crippen molar-refractivity contribution >= 4 is 17.9 Å². The highest BCUT2D eigenvalue weighted by molar-refractivity contribution is 5.89. The summed E-state index contributed by atoms with van der Waals surface area (Å²) in [6.45, 7) is 22.1. The number of Topliss-reactive ketones (excluding diaryl/α,β-unsaturated/α-hetero) is 1. The Hall–Kier alpha value is -1.85. The van der Waals surface area contributed by atoms with E-state index in [1.807, 2.05) is 6.92 Å². The van der Waals surface area contributed by atoms with Gasteiger partial charge in [-0.25, -0.2) is 0 Å². The number of ketones is 2. The highest BCUT2D eigenvalue weighted by Gasteiger charge is 2.30. The second kappa shape index (κ2) is 42.8. The molecule has 0 aromatic heterocycles. The summed E-state index contributed by atoms with van der Waals surface area (Å²) in [6.07, 6.45) is 46.7. The molecule has 59 heavy (non-hydrogen) atoms. The number of nitrogens with zero attached hydrogens (tertiary/aromatic N) is 1. The van der Waals surface area contributed by atoms with Crippen LogP contribution in [0.1, 0.15) is 240 Å². The molecule has 0 bridgehead atoms. The normalized spacial score (nSPS) is 18.3. The van der Waals surface area contributed by atoms with Crippen molar-refractivity contribution in [1.82, 2.24) is 4.90 Å². The number of allylic oxidation sites excluding steroid dienone is 3. The number of carbonyl (C=O) groups is 3. The average molecular weight is 826 g/mol. The molecule has 5 nitrogen and oxygen atoms in total. The standard InChI is InChI=1S/C25H43NO4.C19H38.C10H18/c1-3-25(29)15-14-23-19-24(21-30-18-12-7-5-4-6-11-17-27)26(20-23)16-10-8-9-13-22(2)28;1-4-7-9-11-13-15-17-19(6-3)18-16-14-12-10-8-5-2;1-3-10-6-4-5-9(2)7-8-10/h14-15,17,23-24H,3-13,16,18-21H2,1-2H3;6,19H,3-5,7-18H2,1-2H3;10H,2-8H2,1H3/b15-14+;;/t23-,24-;;/m0../s1. The van der Waals surface area contributed by atoms with Gasteiger partial charge in [0, 0.05) is 38.5 Å². The topological polar surface area (TPSA) is 63.7 Å². The van der Waals surface area contributed by atoms with Crippen molar-refractivity contribution < 1.29 is 19.1 Å². The van der Waals surface area contributed by atoms with Crippen molar-refractivity contribution in [3.63, 3.8) is 0 Å². The average Bonchev–Trinajstić information content (AvgIpc) is 3.50. The van der Waals surface area contributed by atoms with E-state index in [2.05, 4.69) is 51.0 Å². The quantitative estimate of drug-likeness (QED) is 0.0209. The van der Waals surface area contributed by atoms with Gasteiger partial charge in [-0.3, -0.25) is 9.69 Å². The number of unbranched alkanes of at least 4 members (excludes halogenated alkanes) is 17. The van der Waals surface area contributed by atoms with Gasteiger partial charge in [0.2, 0.25) is 0 Å². The predicted molar refractivity (Wildman–Crippen MR) is 257 cm³/mol. The molecule has 1 aliphatic heterocycles. The van der Waals surface area contributed by atoms with Crippen molar-refractivity contribution in [2.24, 2.45) is 17.8 Å². The number of rotatable bonds is 35. The van der Waals surface area contributed by atoms with Crippen LogP contribution in [0.5, 0.6) is 0 Å². The summed E-state index contributed by atoms with van der Waals surface area (Å²) >= 11 is 0. The van der Waals surface area contributed by atoms with Crippen molar-refractivity contribution in [3.8, 4) is 0 Å². The molecule has 0 aromatic rings. The Morgan fingerprint density at radius 2 is 1.39 bits per heavy atom. The van der Waals surface area contributed by atoms with Gasteiger partial charge in [-0.1, -0.05) is 168 Å². The summed E-state index contributed by atoms with van der Waals surface area (Å²) in [7, 11) is 0. The van der Waals surface area contributed by atoms with Crippen molar-refractivity contribution in [2.75, 3.05) is 26.3 Å². The molecule has 2 fully saturated rings. The number of ether oxygens (including phenoxy) is 1. The molecule has 344 valence electrons. The second-order valence-electron chi connectivity index (χ2n) is 18.2. The lowest BCUT2D eigenvalue weighted by atomic mass is 9.94. The molecule has 1 unspecified atom stereocenters. The summed E-state index contributed by atoms with van der Waals surface area (Å²) in [5.74, 6) is 2.68. The van der Waals surface area contributed by atoms with E-state index in [4.69, 9.17) is 4.74 Å². The third kappa shape index (κ3) is 36.5. The first kappa shape index (κ1) is 57.1. The number of carbonyl (C=O) groups excluding carboxylic acids is 3. The molecule has 0 radical (unpaired) electrons. The molecule has 1 saturated heterocycles. The van der Waals surface area contributed by atoms with Gasteiger partial charge in [-0.2, -0.15) is 0 Å². The first-order valence-electron chi connectivity index (χ1n) is 25.5. The van der Waals surface area contributed by atoms with E-state index in [0.717, 1.165) is 95.8 Å². The highest BCUT2D eigenvalue weighted by atomic mass is 16.5. The lowest BCUT2D eigenvalue weighted by Gasteiger charge is -2.24. The minimum Gasteiger partial charge on any atom is -0.380 e. The Morgan fingerprint density at radius 1 is 0.780 bits per heavy atom. The Labute approximate surface area is 367 Å². The molecule has 2 aliphatic rings. The number of likely N-dealkylation sites (tertiary alicyclic amines) is 1. The van der Waals surface area contributed by atoms with Gasteiger partial charge in [-0.15, -0.1) is 6.58 Å². The molecule has 1 aliphatic carbocycles. The fraction of sp³-hybridized carbons (Fsp3) is 0.833. The van der Waals surface area contributed by atoms with Gasteiger partial charge in [0.25, 0.3) is 0 Å². The summed E-state index contributed by atoms with van der Waals surface area (Å²) in [5.41, 5.74) is 1.48. The van der Waals surface area contributed by atoms with E-state index in [1.54, 1.807) is 13.0 Å². The fourth-order valence-corrected chi connectivity index (χ4v) is 8.50. The van der Waals surface area contributed by atoms with Crippen LogP contribution < -0.4 is 0 Å². The molecule has 1 heterocycles. The zero-order valence-corrected chi connectivity index (χ0v) is 40.1. The number of hydrogen-bond donors (Lipinski definition) is 0. The Balaban J connectivity index is 0.000000979. The molecule has 0 aromatic carbocycles. The first-order chi connectivity index (χ1) is 28.7. The largest absolute Gasteiger partial charge is 0.380 e. The van der Waals surface area contributed by atoms with E-state index in [-0.39, 0.29) is 11.6 Å². The Bertz CT molecular complexity index is 1020. The van der Waals surface area contributed by atoms with Gasteiger partial charge in [0.15, 0.2) is 5.78 Å². The smallest absolute Gasteiger partial charge is 0.155 e. The molecule has 0 N–H and O–H groups in total. The van der Waals surface area contributed by atoms with Crippen LogP contribution in [0.3, 0.4) is 0 Å². The molecule has 3 atom stereocenters. The fourth-order valence-electron chi connectivity index (χ4n) is 8.50. The summed E-state index contributed by atoms with van der Waals surface area (Å²) in [6, 6.07) is 0.414. The number of hydrogen-bond acceptors (Lipinski definition) is 5. The van der Waals surface area contributed by atoms with Gasteiger partial charge in [0.05, 0.1) is 6.61 Å². The SMILES string of the molecule is C=C1CCCC(CC)CC1.C=CC(CCCCCCCC)CCCCCCCC.CCC(=O)/C=C/[C@H]1C[C@@H](COCCCCCCCC=O)N(CCCCCC(C)=O)C1. The third-order valence-electron chi connectivity index (χ3n) is 12.7. The lowest BCUT2D eigenvalue weighted by molar-refractivity contribution is -0.117. The van der Waals surface area contributed by atoms with Crippen molar-refractivity contribution in [2.45, 2.75) is 246 Å². The van der Waals surface area contributed by atoms with Gasteiger partial charge >= 0.3 is 0 Å². The van der Waals surface area contributed by atoms with E-state index in [9.17, 15) is 14.4 Å². The molecular weight excluding hydrogens is 727 g/mol. The molecule has 5 heteroatoms. The van der Waals surface area contributed by atoms with Gasteiger partial charge < -0.3 is 14.3 Å². The molecule has 0 spiro atoms. The van der Waals surface area contributed by atoms with Crippen LogP contribution in [0.4, 0.5) is 0 Å². The molecular formula is C54H99NO4. The number of aldehydes is 1. The molecule has 2 rings (SSSR count). The van der Waals surface area contributed by atoms with Crippen LogP contribution in [0.15, 0.2) is 37.0 Å². The minimum atomic E-state index is 0.193. The van der Waals surface area contributed by atoms with E-state index >= 15 is 0 Å². The van der Waals surface area contributed by atoms with E-state index < -0.39 is 0 Å². The summed E-state index contributed by atoms with van der Waals surface area (Å²) in [4.78, 5) is 35.5. The zero-order chi connectivity index (χ0) is 43.6. The van der Waals surface area contributed by atoms with Gasteiger partial charge in [0.1, 0.15) is 12.1 Å². The Morgan fingerprint density at radius 3 is 1.98 bits per heavy atom. The lowest BCUT2D eigenvalue weighted by Crippen LogP contribution is -2.34. The van der Waals surface area contributed by atoms with Crippen molar-refractivity contribution in [1.29, 1.82) is 0 Å². The maximum atomic E-state index is 11.6. The maximum Gasteiger partial charge on any atom is 0.155 e. The highest BCUT2D eigenvalue weighted by Crippen LogP contribution is 2.28. The second-order valence-corrected chi connectivity index (χ2v) is 18.2. The molecule has 1 saturated carbocycles. The third-order valence-corrected chi connectivity index (χ3v) is 12.7. The van der Waals surface area contributed by atoms with Crippen LogP contribution in [-0.2, 0) is 19.1 Å². The Kier molecular flexibility index (Phi) is 41.5. The maximum absolute atomic E-state index is 11.6. The van der Waals surface area contributed by atoms with E-state index in [0.29, 0.717) is 31.2 Å². The summed E-state index contributed by atoms with van der Waals surface area (Å²) in [5, 5.41) is 0. The first-order valence-corrected chi connectivity index (χ1v) is 25.5. The van der Waals surface area contributed by atoms with Crippen LogP contribution in [0.2, 0.25) is 0 Å². The minimum absolute atomic E-state index is 0.193.